The average Bonchev–Trinajstić information content (AvgIpc) is 3.64. The highest BCUT2D eigenvalue weighted by molar-refractivity contribution is 7.92. The molecule has 0 aliphatic carbocycles. The molecular formula is C27H23Cl2N3O6S2. The smallest absolute Gasteiger partial charge is 0.255 e. The van der Waals surface area contributed by atoms with Crippen LogP contribution in [0.3, 0.4) is 0 Å². The topological polar surface area (TPSA) is 130 Å². The number of hydrogen-bond acceptors (Lipinski definition) is 8. The third-order valence-corrected chi connectivity index (χ3v) is 11.5. The van der Waals surface area contributed by atoms with Crippen molar-refractivity contribution in [1.29, 1.82) is 0 Å². The Morgan fingerprint density at radius 1 is 1.07 bits per heavy atom. The number of rotatable bonds is 6. The van der Waals surface area contributed by atoms with Crippen molar-refractivity contribution in [2.45, 2.75) is 17.6 Å². The van der Waals surface area contributed by atoms with Gasteiger partial charge in [0.15, 0.2) is 22.0 Å². The van der Waals surface area contributed by atoms with Crippen LogP contribution in [0, 0.1) is 0 Å². The summed E-state index contributed by atoms with van der Waals surface area (Å²) >= 11 is 13.5. The number of aromatic nitrogens is 1. The third kappa shape index (κ3) is 5.39. The highest BCUT2D eigenvalue weighted by Crippen LogP contribution is 2.45. The number of hydrogen-bond donors (Lipinski definition) is 2. The van der Waals surface area contributed by atoms with Gasteiger partial charge in [-0.05, 0) is 42.3 Å². The zero-order valence-corrected chi connectivity index (χ0v) is 24.0. The first-order chi connectivity index (χ1) is 19.1. The van der Waals surface area contributed by atoms with E-state index in [0.29, 0.717) is 15.7 Å². The van der Waals surface area contributed by atoms with Crippen molar-refractivity contribution in [3.05, 3.63) is 87.7 Å². The van der Waals surface area contributed by atoms with E-state index in [9.17, 15) is 23.2 Å². The summed E-state index contributed by atoms with van der Waals surface area (Å²) in [4.78, 5) is 32.4. The second kappa shape index (κ2) is 11.3. The lowest BCUT2D eigenvalue weighted by Crippen LogP contribution is -2.41. The summed E-state index contributed by atoms with van der Waals surface area (Å²) < 4.78 is 31.4. The molecule has 1 saturated heterocycles. The van der Waals surface area contributed by atoms with Gasteiger partial charge in [0.2, 0.25) is 5.91 Å². The summed E-state index contributed by atoms with van der Waals surface area (Å²) in [5.74, 6) is -1.05. The van der Waals surface area contributed by atoms with E-state index < -0.39 is 32.8 Å². The monoisotopic (exact) mass is 619 g/mol. The molecule has 3 heterocycles. The van der Waals surface area contributed by atoms with Crippen LogP contribution in [0.15, 0.2) is 71.6 Å². The Hall–Kier alpha value is -3.22. The third-order valence-electron chi connectivity index (χ3n) is 6.97. The Morgan fingerprint density at radius 3 is 2.52 bits per heavy atom. The quantitative estimate of drug-likeness (QED) is 0.217. The first-order valence-corrected chi connectivity index (χ1v) is 15.4. The minimum absolute atomic E-state index is 0.0404. The van der Waals surface area contributed by atoms with E-state index in [1.807, 2.05) is 24.3 Å². The van der Waals surface area contributed by atoms with Gasteiger partial charge in [-0.25, -0.2) is 18.9 Å². The van der Waals surface area contributed by atoms with E-state index in [2.05, 4.69) is 4.98 Å². The normalized spacial score (nSPS) is 18.7. The molecule has 4 aromatic rings. The van der Waals surface area contributed by atoms with Crippen LogP contribution in [0.4, 0.5) is 0 Å². The summed E-state index contributed by atoms with van der Waals surface area (Å²) in [7, 11) is -3.99. The standard InChI is InChI=1S/C27H23Cl2N3O6S2/c28-19-5-6-21(29)20(13-19)26(34)32-10-9-27(14-25(33)31-35,40(36,37)12-11-32)24-8-7-23(39-24)18-3-1-17(2-4-18)22-15-30-16-38-22/h1-8,13,15-16,35H,9-12,14H2,(H,31,33). The minimum Gasteiger partial charge on any atom is -0.444 e. The number of oxazole rings is 1. The van der Waals surface area contributed by atoms with Gasteiger partial charge in [0.1, 0.15) is 4.75 Å². The Morgan fingerprint density at radius 2 is 1.82 bits per heavy atom. The first kappa shape index (κ1) is 28.3. The molecule has 2 N–H and O–H groups in total. The average molecular weight is 621 g/mol. The molecule has 1 aliphatic heterocycles. The fraction of sp³-hybridized carbons (Fsp3) is 0.222. The lowest BCUT2D eigenvalue weighted by molar-refractivity contribution is -0.129. The minimum atomic E-state index is -3.99. The maximum atomic E-state index is 13.9. The van der Waals surface area contributed by atoms with E-state index in [0.717, 1.165) is 16.0 Å². The highest BCUT2D eigenvalue weighted by atomic mass is 35.5. The molecule has 1 fully saturated rings. The molecule has 9 nitrogen and oxygen atoms in total. The van der Waals surface area contributed by atoms with Crippen molar-refractivity contribution >= 4 is 56.2 Å². The van der Waals surface area contributed by atoms with Crippen LogP contribution in [-0.2, 0) is 19.4 Å². The van der Waals surface area contributed by atoms with E-state index in [-0.39, 0.29) is 35.8 Å². The molecule has 1 unspecified atom stereocenters. The molecule has 0 radical (unpaired) electrons. The number of benzene rings is 2. The molecule has 2 aromatic heterocycles. The van der Waals surface area contributed by atoms with Gasteiger partial charge in [0.25, 0.3) is 5.91 Å². The molecule has 40 heavy (non-hydrogen) atoms. The lowest BCUT2D eigenvalue weighted by Gasteiger charge is -2.30. The predicted octanol–water partition coefficient (Wildman–Crippen LogP) is 5.43. The summed E-state index contributed by atoms with van der Waals surface area (Å²) in [6, 6.07) is 15.5. The number of thiophene rings is 1. The first-order valence-electron chi connectivity index (χ1n) is 12.1. The van der Waals surface area contributed by atoms with Crippen molar-refractivity contribution in [2.75, 3.05) is 18.8 Å². The van der Waals surface area contributed by atoms with Crippen LogP contribution in [-0.4, -0.2) is 54.2 Å². The largest absolute Gasteiger partial charge is 0.444 e. The van der Waals surface area contributed by atoms with Crippen LogP contribution in [0.25, 0.3) is 21.8 Å². The SMILES string of the molecule is O=C(CC1(c2ccc(-c3ccc(-c4cnco4)cc3)s2)CCN(C(=O)c2cc(Cl)ccc2Cl)CCS1(=O)=O)NO. The summed E-state index contributed by atoms with van der Waals surface area (Å²) in [6.07, 6.45) is 2.40. The fourth-order valence-corrected chi connectivity index (χ4v) is 8.78. The Bertz CT molecular complexity index is 1660. The van der Waals surface area contributed by atoms with Crippen molar-refractivity contribution < 1.29 is 27.6 Å². The Balaban J connectivity index is 1.49. The second-order valence-electron chi connectivity index (χ2n) is 9.30. The molecule has 1 aliphatic rings. The number of sulfone groups is 1. The molecule has 13 heteroatoms. The van der Waals surface area contributed by atoms with Crippen LogP contribution >= 0.6 is 34.5 Å². The van der Waals surface area contributed by atoms with Gasteiger partial charge in [-0.3, -0.25) is 14.8 Å². The highest BCUT2D eigenvalue weighted by Gasteiger charge is 2.50. The van der Waals surface area contributed by atoms with Crippen LogP contribution in [0.5, 0.6) is 0 Å². The fourth-order valence-electron chi connectivity index (χ4n) is 4.80. The number of nitrogens with zero attached hydrogens (tertiary/aromatic N) is 2. The second-order valence-corrected chi connectivity index (χ2v) is 13.6. The Labute approximate surface area is 244 Å². The molecule has 0 saturated carbocycles. The van der Waals surface area contributed by atoms with E-state index in [1.165, 1.54) is 34.8 Å². The number of nitrogens with one attached hydrogen (secondary N) is 1. The van der Waals surface area contributed by atoms with Crippen LogP contribution in [0.1, 0.15) is 28.1 Å². The zero-order valence-electron chi connectivity index (χ0n) is 20.8. The summed E-state index contributed by atoms with van der Waals surface area (Å²) in [5.41, 5.74) is 3.42. The molecule has 0 bridgehead atoms. The van der Waals surface area contributed by atoms with Gasteiger partial charge in [0.05, 0.1) is 29.0 Å². The van der Waals surface area contributed by atoms with Crippen molar-refractivity contribution in [1.82, 2.24) is 15.4 Å². The van der Waals surface area contributed by atoms with Gasteiger partial charge in [-0.15, -0.1) is 11.3 Å². The molecule has 2 aromatic carbocycles. The molecule has 0 spiro atoms. The molecule has 208 valence electrons. The number of halogens is 2. The van der Waals surface area contributed by atoms with Gasteiger partial charge in [0, 0.05) is 33.4 Å². The van der Waals surface area contributed by atoms with Gasteiger partial charge in [-0.2, -0.15) is 0 Å². The van der Waals surface area contributed by atoms with Gasteiger partial charge >= 0.3 is 0 Å². The summed E-state index contributed by atoms with van der Waals surface area (Å²) in [5, 5.41) is 9.83. The summed E-state index contributed by atoms with van der Waals surface area (Å²) in [6.45, 7) is -0.0490. The van der Waals surface area contributed by atoms with Gasteiger partial charge in [-0.1, -0.05) is 47.5 Å². The number of amides is 2. The van der Waals surface area contributed by atoms with Crippen LogP contribution < -0.4 is 5.48 Å². The maximum Gasteiger partial charge on any atom is 0.255 e. The van der Waals surface area contributed by atoms with E-state index in [4.69, 9.17) is 27.6 Å². The maximum absolute atomic E-state index is 13.9. The molecular weight excluding hydrogens is 597 g/mol. The zero-order chi connectivity index (χ0) is 28.5. The predicted molar refractivity (Wildman–Crippen MR) is 152 cm³/mol. The van der Waals surface area contributed by atoms with E-state index in [1.54, 1.807) is 29.9 Å². The molecule has 2 amide bonds. The Kier molecular flexibility index (Phi) is 8.03. The number of carbonyl (C=O) groups is 2. The van der Waals surface area contributed by atoms with Crippen molar-refractivity contribution in [2.24, 2.45) is 0 Å². The van der Waals surface area contributed by atoms with Gasteiger partial charge < -0.3 is 9.32 Å². The molecule has 1 atom stereocenters. The van der Waals surface area contributed by atoms with Crippen molar-refractivity contribution in [3.63, 3.8) is 0 Å². The van der Waals surface area contributed by atoms with Crippen LogP contribution in [0.2, 0.25) is 10.0 Å². The van der Waals surface area contributed by atoms with E-state index >= 15 is 0 Å². The lowest BCUT2D eigenvalue weighted by atomic mass is 9.97. The van der Waals surface area contributed by atoms with Crippen molar-refractivity contribution in [3.8, 4) is 21.8 Å². The molecule has 5 rings (SSSR count). The number of carbonyl (C=O) groups excluding carboxylic acids is 2. The number of hydroxylamine groups is 1.